The molecular weight excluding hydrogens is 429 g/mol. The van der Waals surface area contributed by atoms with Crippen LogP contribution in [0.4, 0.5) is 25.4 Å². The molecule has 8 nitrogen and oxygen atoms in total. The Morgan fingerprint density at radius 1 is 1.00 bits per heavy atom. The molecule has 1 saturated carbocycles. The Hall–Kier alpha value is -3.62. The first-order valence-corrected chi connectivity index (χ1v) is 11.0. The van der Waals surface area contributed by atoms with Crippen molar-refractivity contribution in [3.63, 3.8) is 0 Å². The molecule has 4 rings (SSSR count). The summed E-state index contributed by atoms with van der Waals surface area (Å²) in [5.41, 5.74) is 2.66. The third kappa shape index (κ3) is 5.60. The van der Waals surface area contributed by atoms with Crippen LogP contribution in [0.25, 0.3) is 0 Å². The normalized spacial score (nSPS) is 19.8. The molecule has 9 heteroatoms. The predicted octanol–water partition coefficient (Wildman–Crippen LogP) is 4.61. The van der Waals surface area contributed by atoms with Crippen molar-refractivity contribution in [2.24, 2.45) is 5.92 Å². The molecule has 0 aromatic heterocycles. The second-order valence-corrected chi connectivity index (χ2v) is 8.41. The van der Waals surface area contributed by atoms with Crippen LogP contribution in [-0.4, -0.2) is 40.7 Å². The van der Waals surface area contributed by atoms with Crippen LogP contribution in [0.15, 0.2) is 42.5 Å². The van der Waals surface area contributed by atoms with Crippen molar-refractivity contribution in [2.45, 2.75) is 44.8 Å². The molecule has 3 amide bonds. The minimum atomic E-state index is -0.786. The lowest BCUT2D eigenvalue weighted by atomic mass is 9.87. The number of carboxylic acid groups (broad SMARTS) is 1. The first-order chi connectivity index (χ1) is 15.9. The second-order valence-electron chi connectivity index (χ2n) is 8.41. The molecule has 1 aliphatic carbocycles. The summed E-state index contributed by atoms with van der Waals surface area (Å²) in [4.78, 5) is 37.5. The molecule has 0 bridgehead atoms. The van der Waals surface area contributed by atoms with E-state index < -0.39 is 17.8 Å². The Bertz CT molecular complexity index is 1050. The van der Waals surface area contributed by atoms with Crippen LogP contribution in [0, 0.1) is 11.7 Å². The second kappa shape index (κ2) is 9.89. The summed E-state index contributed by atoms with van der Waals surface area (Å²) in [6.07, 6.45) is 2.17. The largest absolute Gasteiger partial charge is 0.481 e. The molecule has 1 heterocycles. The lowest BCUT2D eigenvalue weighted by Crippen LogP contribution is -2.39. The fourth-order valence-electron chi connectivity index (χ4n) is 4.28. The van der Waals surface area contributed by atoms with Gasteiger partial charge < -0.3 is 25.4 Å². The van der Waals surface area contributed by atoms with Crippen LogP contribution >= 0.6 is 0 Å². The van der Waals surface area contributed by atoms with Gasteiger partial charge in [0.15, 0.2) is 0 Å². The molecule has 0 atom stereocenters. The van der Waals surface area contributed by atoms with Crippen molar-refractivity contribution >= 4 is 29.5 Å². The van der Waals surface area contributed by atoms with Crippen molar-refractivity contribution in [2.75, 3.05) is 17.2 Å². The van der Waals surface area contributed by atoms with Gasteiger partial charge in [-0.25, -0.2) is 14.0 Å². The van der Waals surface area contributed by atoms with Gasteiger partial charge in [0.2, 0.25) is 0 Å². The number of ether oxygens (including phenoxy) is 1. The summed E-state index contributed by atoms with van der Waals surface area (Å²) >= 11 is 0. The summed E-state index contributed by atoms with van der Waals surface area (Å²) in [6.45, 7) is 0.890. The number of urea groups is 1. The summed E-state index contributed by atoms with van der Waals surface area (Å²) in [7, 11) is 0. The van der Waals surface area contributed by atoms with E-state index in [4.69, 9.17) is 9.84 Å². The molecule has 1 aliphatic heterocycles. The molecular formula is C24H26FN3O5. The summed E-state index contributed by atoms with van der Waals surface area (Å²) in [6, 6.07) is 10.8. The van der Waals surface area contributed by atoms with E-state index in [1.807, 2.05) is 12.1 Å². The number of carbonyl (C=O) groups excluding carboxylic acids is 2. The van der Waals surface area contributed by atoms with Gasteiger partial charge in [-0.1, -0.05) is 18.2 Å². The maximum atomic E-state index is 13.7. The van der Waals surface area contributed by atoms with Crippen molar-refractivity contribution in [1.29, 1.82) is 0 Å². The van der Waals surface area contributed by atoms with E-state index in [1.54, 1.807) is 23.1 Å². The van der Waals surface area contributed by atoms with Crippen LogP contribution < -0.4 is 10.6 Å². The van der Waals surface area contributed by atoms with Crippen LogP contribution in [0.5, 0.6) is 0 Å². The first-order valence-electron chi connectivity index (χ1n) is 11.0. The third-order valence-corrected chi connectivity index (χ3v) is 6.15. The van der Waals surface area contributed by atoms with Crippen molar-refractivity contribution in [3.05, 3.63) is 59.4 Å². The van der Waals surface area contributed by atoms with Crippen molar-refractivity contribution in [3.8, 4) is 0 Å². The Labute approximate surface area is 190 Å². The molecule has 0 saturated heterocycles. The molecule has 2 aliphatic rings. The Morgan fingerprint density at radius 3 is 2.48 bits per heavy atom. The van der Waals surface area contributed by atoms with Crippen LogP contribution in [-0.2, 0) is 22.5 Å². The number of aliphatic carboxylic acids is 1. The topological polar surface area (TPSA) is 108 Å². The number of carbonyl (C=O) groups is 3. The van der Waals surface area contributed by atoms with Gasteiger partial charge in [0.25, 0.3) is 0 Å². The van der Waals surface area contributed by atoms with Crippen LogP contribution in [0.3, 0.4) is 0 Å². The van der Waals surface area contributed by atoms with Gasteiger partial charge in [-0.3, -0.25) is 4.79 Å². The fraction of sp³-hybridized carbons (Fsp3) is 0.375. The maximum absolute atomic E-state index is 13.7. The highest BCUT2D eigenvalue weighted by Gasteiger charge is 2.30. The number of para-hydroxylation sites is 1. The van der Waals surface area contributed by atoms with Gasteiger partial charge in [0.1, 0.15) is 11.9 Å². The Balaban J connectivity index is 1.30. The molecule has 0 unspecified atom stereocenters. The van der Waals surface area contributed by atoms with Gasteiger partial charge in [-0.2, -0.15) is 0 Å². The maximum Gasteiger partial charge on any atom is 0.410 e. The highest BCUT2D eigenvalue weighted by Crippen LogP contribution is 2.28. The van der Waals surface area contributed by atoms with Gasteiger partial charge in [-0.05, 0) is 67.5 Å². The third-order valence-electron chi connectivity index (χ3n) is 6.15. The average molecular weight is 455 g/mol. The number of nitrogens with zero attached hydrogens (tertiary/aromatic N) is 1. The number of hydrogen-bond donors (Lipinski definition) is 3. The lowest BCUT2D eigenvalue weighted by Gasteiger charge is -2.32. The SMILES string of the molecule is O=C(Nc1ccc2c(c1)CCN(C(=O)O[C@H]1CC[C@H](C(=O)O)CC1)C2)Nc1ccccc1F. The van der Waals surface area contributed by atoms with E-state index >= 15 is 0 Å². The molecule has 0 spiro atoms. The number of fused-ring (bicyclic) bond motifs is 1. The molecule has 0 radical (unpaired) electrons. The number of hydrogen-bond acceptors (Lipinski definition) is 4. The summed E-state index contributed by atoms with van der Waals surface area (Å²) in [5, 5.41) is 14.3. The number of amides is 3. The zero-order valence-electron chi connectivity index (χ0n) is 18.1. The standard InChI is InChI=1S/C24H26FN3O5/c25-20-3-1-2-4-21(20)27-23(31)26-18-8-5-17-14-28(12-11-16(17)13-18)24(32)33-19-9-6-15(7-10-19)22(29)30/h1-5,8,13,15,19H,6-7,9-12,14H2,(H,29,30)(H2,26,27,31)/t15-,19-. The average Bonchev–Trinajstić information content (AvgIpc) is 2.80. The van der Waals surface area contributed by atoms with E-state index in [0.29, 0.717) is 50.9 Å². The minimum absolute atomic E-state index is 0.0959. The molecule has 33 heavy (non-hydrogen) atoms. The van der Waals surface area contributed by atoms with E-state index in [1.165, 1.54) is 12.1 Å². The van der Waals surface area contributed by atoms with Gasteiger partial charge in [0, 0.05) is 18.8 Å². The van der Waals surface area contributed by atoms with Crippen LogP contribution in [0.1, 0.15) is 36.8 Å². The number of rotatable bonds is 4. The zero-order valence-corrected chi connectivity index (χ0v) is 18.1. The predicted molar refractivity (Wildman–Crippen MR) is 119 cm³/mol. The number of halogens is 1. The van der Waals surface area contributed by atoms with E-state index in [9.17, 15) is 18.8 Å². The smallest absolute Gasteiger partial charge is 0.410 e. The quantitative estimate of drug-likeness (QED) is 0.624. The number of nitrogens with one attached hydrogen (secondary N) is 2. The lowest BCUT2D eigenvalue weighted by molar-refractivity contribution is -0.143. The highest BCUT2D eigenvalue weighted by atomic mass is 19.1. The monoisotopic (exact) mass is 455 g/mol. The summed E-state index contributed by atoms with van der Waals surface area (Å²) in [5.74, 6) is -1.65. The molecule has 2 aromatic carbocycles. The highest BCUT2D eigenvalue weighted by molar-refractivity contribution is 5.99. The Kier molecular flexibility index (Phi) is 6.76. The summed E-state index contributed by atoms with van der Waals surface area (Å²) < 4.78 is 19.3. The van der Waals surface area contributed by atoms with Crippen LogP contribution in [0.2, 0.25) is 0 Å². The molecule has 2 aromatic rings. The van der Waals surface area contributed by atoms with Gasteiger partial charge in [0.05, 0.1) is 11.6 Å². The number of anilines is 2. The number of benzene rings is 2. The van der Waals surface area contributed by atoms with E-state index in [-0.39, 0.29) is 23.8 Å². The zero-order chi connectivity index (χ0) is 23.4. The molecule has 1 fully saturated rings. The Morgan fingerprint density at radius 2 is 1.76 bits per heavy atom. The number of carboxylic acids is 1. The molecule has 174 valence electrons. The van der Waals surface area contributed by atoms with E-state index in [0.717, 1.165) is 11.1 Å². The van der Waals surface area contributed by atoms with Crippen molar-refractivity contribution in [1.82, 2.24) is 4.90 Å². The van der Waals surface area contributed by atoms with E-state index in [2.05, 4.69) is 10.6 Å². The van der Waals surface area contributed by atoms with Gasteiger partial charge in [-0.15, -0.1) is 0 Å². The first kappa shape index (κ1) is 22.6. The minimum Gasteiger partial charge on any atom is -0.481 e. The fourth-order valence-corrected chi connectivity index (χ4v) is 4.28. The molecule has 3 N–H and O–H groups in total. The van der Waals surface area contributed by atoms with Gasteiger partial charge >= 0.3 is 18.1 Å². The van der Waals surface area contributed by atoms with Crippen molar-refractivity contribution < 1.29 is 28.6 Å².